The molecule has 1 fully saturated rings. The van der Waals surface area contributed by atoms with Gasteiger partial charge in [0.25, 0.3) is 5.91 Å². The molecule has 0 unspecified atom stereocenters. The lowest BCUT2D eigenvalue weighted by Crippen LogP contribution is -2.33. The third kappa shape index (κ3) is 3.58. The highest BCUT2D eigenvalue weighted by atomic mass is 32.2. The van der Waals surface area contributed by atoms with E-state index in [0.717, 1.165) is 16.7 Å². The summed E-state index contributed by atoms with van der Waals surface area (Å²) in [5.74, 6) is -1.24. The first-order chi connectivity index (χ1) is 10.4. The number of ether oxygens (including phenoxy) is 1. The number of thioether (sulfide) groups is 1. The van der Waals surface area contributed by atoms with E-state index in [2.05, 4.69) is 0 Å². The molecule has 0 aromatic heterocycles. The number of rotatable bonds is 5. The second kappa shape index (κ2) is 6.80. The lowest BCUT2D eigenvalue weighted by atomic mass is 10.2. The summed E-state index contributed by atoms with van der Waals surface area (Å²) in [6.07, 6.45) is 1.59. The number of hydrogen-bond donors (Lipinski definition) is 2. The molecule has 2 rings (SSSR count). The fourth-order valence-corrected chi connectivity index (χ4v) is 3.07. The van der Waals surface area contributed by atoms with Gasteiger partial charge in [-0.05, 0) is 30.7 Å². The minimum atomic E-state index is -1.12. The van der Waals surface area contributed by atoms with Crippen LogP contribution >= 0.6 is 24.0 Å². The summed E-state index contributed by atoms with van der Waals surface area (Å²) in [4.78, 5) is 24.3. The number of phenolic OH excluding ortho intramolecular Hbond substituents is 1. The van der Waals surface area contributed by atoms with Crippen molar-refractivity contribution < 1.29 is 24.5 Å². The summed E-state index contributed by atoms with van der Waals surface area (Å²) in [6, 6.07) is 4.69. The van der Waals surface area contributed by atoms with Crippen molar-refractivity contribution in [3.63, 3.8) is 0 Å². The first-order valence-electron chi connectivity index (χ1n) is 6.35. The summed E-state index contributed by atoms with van der Waals surface area (Å²) in [5.41, 5.74) is 0.650. The number of phenols is 1. The number of carbonyl (C=O) groups is 2. The predicted octanol–water partition coefficient (Wildman–Crippen LogP) is 2.08. The van der Waals surface area contributed by atoms with Crippen LogP contribution in [0.1, 0.15) is 12.5 Å². The second-order valence-electron chi connectivity index (χ2n) is 4.32. The summed E-state index contributed by atoms with van der Waals surface area (Å²) in [6.45, 7) is 1.74. The van der Waals surface area contributed by atoms with Crippen molar-refractivity contribution in [2.75, 3.05) is 13.2 Å². The van der Waals surface area contributed by atoms with E-state index in [9.17, 15) is 14.7 Å². The molecule has 1 aliphatic heterocycles. The maximum atomic E-state index is 12.1. The van der Waals surface area contributed by atoms with E-state index in [-0.39, 0.29) is 10.1 Å². The van der Waals surface area contributed by atoms with Crippen LogP contribution in [0.4, 0.5) is 0 Å². The number of nitrogens with zero attached hydrogens (tertiary/aromatic N) is 1. The van der Waals surface area contributed by atoms with Crippen LogP contribution in [-0.4, -0.2) is 44.5 Å². The maximum Gasteiger partial charge on any atom is 0.323 e. The van der Waals surface area contributed by atoms with Gasteiger partial charge in [0, 0.05) is 0 Å². The zero-order valence-electron chi connectivity index (χ0n) is 11.6. The molecule has 2 N–H and O–H groups in total. The van der Waals surface area contributed by atoms with E-state index in [1.54, 1.807) is 25.1 Å². The SMILES string of the molecule is CCOc1cc(/C=C2/SC(=S)N(CC(=O)O)C2=O)ccc1O. The number of thiocarbonyl (C=S) groups is 1. The van der Waals surface area contributed by atoms with Gasteiger partial charge in [0.05, 0.1) is 11.5 Å². The highest BCUT2D eigenvalue weighted by Gasteiger charge is 2.33. The van der Waals surface area contributed by atoms with E-state index >= 15 is 0 Å². The van der Waals surface area contributed by atoms with Crippen LogP contribution < -0.4 is 4.74 Å². The number of carboxylic acids is 1. The molecular weight excluding hydrogens is 326 g/mol. The molecule has 0 aliphatic carbocycles. The number of aromatic hydroxyl groups is 1. The Bertz CT molecular complexity index is 671. The molecule has 6 nitrogen and oxygen atoms in total. The number of aliphatic carboxylic acids is 1. The molecule has 1 heterocycles. The summed E-state index contributed by atoms with van der Waals surface area (Å²) < 4.78 is 5.49. The van der Waals surface area contributed by atoms with Crippen molar-refractivity contribution in [1.29, 1.82) is 0 Å². The molecule has 0 atom stereocenters. The van der Waals surface area contributed by atoms with Crippen LogP contribution in [-0.2, 0) is 9.59 Å². The standard InChI is InChI=1S/C14H13NO5S2/c1-2-20-10-5-8(3-4-9(10)16)6-11-13(19)15(7-12(17)18)14(21)22-11/h3-6,16H,2,7H2,1H3,(H,17,18)/b11-6+. The fourth-order valence-electron chi connectivity index (χ4n) is 1.81. The van der Waals surface area contributed by atoms with E-state index in [4.69, 9.17) is 22.1 Å². The van der Waals surface area contributed by atoms with Crippen LogP contribution in [0.2, 0.25) is 0 Å². The Labute approximate surface area is 136 Å². The topological polar surface area (TPSA) is 87.1 Å². The molecule has 8 heteroatoms. The molecule has 0 spiro atoms. The lowest BCUT2D eigenvalue weighted by Gasteiger charge is -2.10. The Balaban J connectivity index is 2.26. The first-order valence-corrected chi connectivity index (χ1v) is 7.57. The van der Waals surface area contributed by atoms with Crippen LogP contribution in [0.5, 0.6) is 11.5 Å². The number of amides is 1. The minimum absolute atomic E-state index is 0.0115. The number of carboxylic acid groups (broad SMARTS) is 1. The molecule has 1 aliphatic rings. The number of hydrogen-bond acceptors (Lipinski definition) is 6. The molecule has 0 bridgehead atoms. The first kappa shape index (κ1) is 16.3. The zero-order valence-corrected chi connectivity index (χ0v) is 13.2. The van der Waals surface area contributed by atoms with Crippen molar-refractivity contribution >= 4 is 46.3 Å². The van der Waals surface area contributed by atoms with E-state index < -0.39 is 18.4 Å². The predicted molar refractivity (Wildman–Crippen MR) is 86.8 cm³/mol. The summed E-state index contributed by atoms with van der Waals surface area (Å²) in [7, 11) is 0. The van der Waals surface area contributed by atoms with E-state index in [0.29, 0.717) is 22.8 Å². The van der Waals surface area contributed by atoms with Crippen LogP contribution in [0.25, 0.3) is 6.08 Å². The molecule has 116 valence electrons. The van der Waals surface area contributed by atoms with Crippen LogP contribution in [0.3, 0.4) is 0 Å². The fraction of sp³-hybridized carbons (Fsp3) is 0.214. The van der Waals surface area contributed by atoms with Crippen molar-refractivity contribution in [2.24, 2.45) is 0 Å². The molecule has 0 radical (unpaired) electrons. The van der Waals surface area contributed by atoms with Gasteiger partial charge in [-0.1, -0.05) is 30.0 Å². The van der Waals surface area contributed by atoms with Gasteiger partial charge in [-0.15, -0.1) is 0 Å². The highest BCUT2D eigenvalue weighted by Crippen LogP contribution is 2.34. The minimum Gasteiger partial charge on any atom is -0.504 e. The van der Waals surface area contributed by atoms with Gasteiger partial charge < -0.3 is 14.9 Å². The average Bonchev–Trinajstić information content (AvgIpc) is 2.70. The number of carbonyl (C=O) groups excluding carboxylic acids is 1. The monoisotopic (exact) mass is 339 g/mol. The normalized spacial score (nSPS) is 16.4. The summed E-state index contributed by atoms with van der Waals surface area (Å²) >= 11 is 6.06. The van der Waals surface area contributed by atoms with Crippen LogP contribution in [0.15, 0.2) is 23.1 Å². The molecule has 1 aromatic carbocycles. The van der Waals surface area contributed by atoms with Crippen molar-refractivity contribution in [2.45, 2.75) is 6.92 Å². The number of benzene rings is 1. The van der Waals surface area contributed by atoms with Crippen molar-refractivity contribution in [3.05, 3.63) is 28.7 Å². The maximum absolute atomic E-state index is 12.1. The Morgan fingerprint density at radius 2 is 2.23 bits per heavy atom. The smallest absolute Gasteiger partial charge is 0.323 e. The van der Waals surface area contributed by atoms with E-state index in [1.807, 2.05) is 0 Å². The summed E-state index contributed by atoms with van der Waals surface area (Å²) in [5, 5.41) is 18.4. The molecule has 1 saturated heterocycles. The average molecular weight is 339 g/mol. The molecule has 1 amide bonds. The Hall–Kier alpha value is -2.06. The van der Waals surface area contributed by atoms with Gasteiger partial charge in [0.15, 0.2) is 11.5 Å². The lowest BCUT2D eigenvalue weighted by molar-refractivity contribution is -0.140. The molecule has 22 heavy (non-hydrogen) atoms. The Kier molecular flexibility index (Phi) is 5.04. The second-order valence-corrected chi connectivity index (χ2v) is 6.00. The van der Waals surface area contributed by atoms with Crippen molar-refractivity contribution in [1.82, 2.24) is 4.90 Å². The van der Waals surface area contributed by atoms with Gasteiger partial charge in [0.2, 0.25) is 0 Å². The van der Waals surface area contributed by atoms with Gasteiger partial charge in [0.1, 0.15) is 10.9 Å². The van der Waals surface area contributed by atoms with Gasteiger partial charge >= 0.3 is 5.97 Å². The Morgan fingerprint density at radius 1 is 1.50 bits per heavy atom. The van der Waals surface area contributed by atoms with Crippen LogP contribution in [0, 0.1) is 0 Å². The molecule has 1 aromatic rings. The molecule has 0 saturated carbocycles. The highest BCUT2D eigenvalue weighted by molar-refractivity contribution is 8.26. The van der Waals surface area contributed by atoms with Gasteiger partial charge in [-0.3, -0.25) is 14.5 Å². The Morgan fingerprint density at radius 3 is 2.86 bits per heavy atom. The largest absolute Gasteiger partial charge is 0.504 e. The third-order valence-electron chi connectivity index (χ3n) is 2.75. The zero-order chi connectivity index (χ0) is 16.3. The quantitative estimate of drug-likeness (QED) is 0.627. The van der Waals surface area contributed by atoms with E-state index in [1.165, 1.54) is 6.07 Å². The van der Waals surface area contributed by atoms with Crippen molar-refractivity contribution in [3.8, 4) is 11.5 Å². The van der Waals surface area contributed by atoms with Gasteiger partial charge in [-0.2, -0.15) is 0 Å². The van der Waals surface area contributed by atoms with Gasteiger partial charge in [-0.25, -0.2) is 0 Å². The third-order valence-corrected chi connectivity index (χ3v) is 4.13. The molecular formula is C14H13NO5S2.